The van der Waals surface area contributed by atoms with Gasteiger partial charge in [-0.3, -0.25) is 0 Å². The first-order valence-electron chi connectivity index (χ1n) is 7.35. The number of aromatic nitrogens is 2. The van der Waals surface area contributed by atoms with Gasteiger partial charge in [-0.1, -0.05) is 13.3 Å². The van der Waals surface area contributed by atoms with Gasteiger partial charge in [0.15, 0.2) is 0 Å². The van der Waals surface area contributed by atoms with Crippen molar-refractivity contribution in [3.8, 4) is 0 Å². The van der Waals surface area contributed by atoms with Crippen LogP contribution in [0.4, 0.5) is 11.6 Å². The monoisotopic (exact) mass is 278 g/mol. The molecule has 0 saturated heterocycles. The van der Waals surface area contributed by atoms with E-state index in [2.05, 4.69) is 46.6 Å². The van der Waals surface area contributed by atoms with Gasteiger partial charge >= 0.3 is 0 Å². The van der Waals surface area contributed by atoms with Gasteiger partial charge in [-0.25, -0.2) is 15.8 Å². The lowest BCUT2D eigenvalue weighted by molar-refractivity contribution is 0.0738. The molecule has 1 aromatic heterocycles. The minimum atomic E-state index is 0.269. The number of hydrazine groups is 1. The highest BCUT2D eigenvalue weighted by Crippen LogP contribution is 2.36. The third-order valence-corrected chi connectivity index (χ3v) is 4.40. The fourth-order valence-corrected chi connectivity index (χ4v) is 2.79. The summed E-state index contributed by atoms with van der Waals surface area (Å²) in [5.74, 6) is 7.17. The van der Waals surface area contributed by atoms with Crippen molar-refractivity contribution in [1.29, 1.82) is 0 Å². The minimum Gasteiger partial charge on any atom is -0.368 e. The Hall–Kier alpha value is -1.40. The zero-order chi connectivity index (χ0) is 14.6. The topological polar surface area (TPSA) is 79.1 Å². The van der Waals surface area contributed by atoms with Crippen molar-refractivity contribution in [1.82, 2.24) is 14.9 Å². The molecule has 20 heavy (non-hydrogen) atoms. The first kappa shape index (κ1) is 15.0. The van der Waals surface area contributed by atoms with Crippen LogP contribution < -0.4 is 16.6 Å². The van der Waals surface area contributed by atoms with E-state index in [9.17, 15) is 0 Å². The molecule has 0 aromatic carbocycles. The molecule has 4 N–H and O–H groups in total. The lowest BCUT2D eigenvalue weighted by Crippen LogP contribution is -2.54. The van der Waals surface area contributed by atoms with Gasteiger partial charge in [0.2, 0.25) is 0 Å². The highest BCUT2D eigenvalue weighted by molar-refractivity contribution is 5.57. The molecular formula is C14H26N6. The summed E-state index contributed by atoms with van der Waals surface area (Å²) in [6, 6.07) is 0. The summed E-state index contributed by atoms with van der Waals surface area (Å²) in [5, 5.41) is 3.51. The molecule has 1 heterocycles. The fraction of sp³-hybridized carbons (Fsp3) is 0.714. The highest BCUT2D eigenvalue weighted by atomic mass is 15.3. The van der Waals surface area contributed by atoms with Gasteiger partial charge in [0.1, 0.15) is 18.0 Å². The number of nitrogen functional groups attached to an aromatic ring is 1. The molecule has 0 unspecified atom stereocenters. The van der Waals surface area contributed by atoms with E-state index < -0.39 is 0 Å². The van der Waals surface area contributed by atoms with Crippen molar-refractivity contribution < 1.29 is 0 Å². The number of likely N-dealkylation sites (N-methyl/N-ethyl adjacent to an activating group) is 1. The Morgan fingerprint density at radius 2 is 2.00 bits per heavy atom. The minimum absolute atomic E-state index is 0.269. The summed E-state index contributed by atoms with van der Waals surface area (Å²) in [6.07, 6.45) is 7.29. The Kier molecular flexibility index (Phi) is 4.77. The van der Waals surface area contributed by atoms with Crippen molar-refractivity contribution in [3.63, 3.8) is 0 Å². The van der Waals surface area contributed by atoms with Crippen molar-refractivity contribution >= 4 is 11.6 Å². The Balaban J connectivity index is 2.12. The molecule has 0 amide bonds. The van der Waals surface area contributed by atoms with E-state index >= 15 is 0 Å². The molecule has 1 fully saturated rings. The van der Waals surface area contributed by atoms with E-state index in [1.54, 1.807) is 6.33 Å². The lowest BCUT2D eigenvalue weighted by atomic mass is 9.75. The van der Waals surface area contributed by atoms with E-state index in [4.69, 9.17) is 5.84 Å². The molecule has 112 valence electrons. The maximum Gasteiger partial charge on any atom is 0.148 e. The molecule has 0 radical (unpaired) electrons. The second kappa shape index (κ2) is 6.37. The van der Waals surface area contributed by atoms with Crippen molar-refractivity contribution in [2.75, 3.05) is 31.4 Å². The highest BCUT2D eigenvalue weighted by Gasteiger charge is 2.38. The largest absolute Gasteiger partial charge is 0.368 e. The molecule has 1 aliphatic carbocycles. The zero-order valence-corrected chi connectivity index (χ0v) is 12.7. The Labute approximate surface area is 121 Å². The van der Waals surface area contributed by atoms with Gasteiger partial charge in [0.25, 0.3) is 0 Å². The van der Waals surface area contributed by atoms with Crippen LogP contribution in [0.3, 0.4) is 0 Å². The SMILES string of the molecule is CCCc1c(NN)ncnc1NCC1(N(C)C)CCC1. The van der Waals surface area contributed by atoms with Crippen molar-refractivity contribution in [3.05, 3.63) is 11.9 Å². The molecule has 1 aliphatic rings. The quantitative estimate of drug-likeness (QED) is 0.519. The van der Waals surface area contributed by atoms with Gasteiger partial charge in [-0.2, -0.15) is 0 Å². The van der Waals surface area contributed by atoms with E-state index in [0.717, 1.165) is 36.6 Å². The number of nitrogens with one attached hydrogen (secondary N) is 2. The van der Waals surface area contributed by atoms with Crippen LogP contribution in [0.5, 0.6) is 0 Å². The second-order valence-electron chi connectivity index (χ2n) is 5.77. The maximum absolute atomic E-state index is 5.54. The summed E-state index contributed by atoms with van der Waals surface area (Å²) in [4.78, 5) is 10.9. The predicted molar refractivity (Wildman–Crippen MR) is 82.6 cm³/mol. The number of rotatable bonds is 7. The maximum atomic E-state index is 5.54. The molecule has 2 rings (SSSR count). The number of anilines is 2. The molecule has 1 aromatic rings. The average Bonchev–Trinajstić information content (AvgIpc) is 2.38. The van der Waals surface area contributed by atoms with E-state index in [1.807, 2.05) is 0 Å². The average molecular weight is 278 g/mol. The smallest absolute Gasteiger partial charge is 0.148 e. The third-order valence-electron chi connectivity index (χ3n) is 4.40. The summed E-state index contributed by atoms with van der Waals surface area (Å²) in [5.41, 5.74) is 4.01. The molecule has 6 nitrogen and oxygen atoms in total. The van der Waals surface area contributed by atoms with Crippen LogP contribution in [0.15, 0.2) is 6.33 Å². The summed E-state index contributed by atoms with van der Waals surface area (Å²) >= 11 is 0. The van der Waals surface area contributed by atoms with Gasteiger partial charge in [-0.05, 0) is 39.8 Å². The third kappa shape index (κ3) is 2.86. The van der Waals surface area contributed by atoms with Crippen LogP contribution in [0.1, 0.15) is 38.2 Å². The van der Waals surface area contributed by atoms with E-state index in [-0.39, 0.29) is 5.54 Å². The lowest BCUT2D eigenvalue weighted by Gasteiger charge is -2.47. The Bertz CT molecular complexity index is 441. The zero-order valence-electron chi connectivity index (χ0n) is 12.7. The first-order valence-corrected chi connectivity index (χ1v) is 7.35. The number of hydrogen-bond acceptors (Lipinski definition) is 6. The van der Waals surface area contributed by atoms with Crippen LogP contribution in [-0.2, 0) is 6.42 Å². The molecule has 0 spiro atoms. The van der Waals surface area contributed by atoms with Gasteiger partial charge in [0, 0.05) is 17.6 Å². The number of nitrogens with zero attached hydrogens (tertiary/aromatic N) is 3. The van der Waals surface area contributed by atoms with Crippen molar-refractivity contribution in [2.24, 2.45) is 5.84 Å². The summed E-state index contributed by atoms with van der Waals surface area (Å²) < 4.78 is 0. The van der Waals surface area contributed by atoms with Gasteiger partial charge < -0.3 is 15.6 Å². The molecule has 0 aliphatic heterocycles. The van der Waals surface area contributed by atoms with E-state index in [1.165, 1.54) is 19.3 Å². The Morgan fingerprint density at radius 3 is 2.50 bits per heavy atom. The molecule has 0 atom stereocenters. The predicted octanol–water partition coefficient (Wildman–Crippen LogP) is 1.61. The fourth-order valence-electron chi connectivity index (χ4n) is 2.79. The summed E-state index contributed by atoms with van der Waals surface area (Å²) in [7, 11) is 4.31. The molecule has 6 heteroatoms. The van der Waals surface area contributed by atoms with Crippen LogP contribution in [0.25, 0.3) is 0 Å². The first-order chi connectivity index (χ1) is 9.63. The normalized spacial score (nSPS) is 16.9. The van der Waals surface area contributed by atoms with Crippen LogP contribution in [0.2, 0.25) is 0 Å². The van der Waals surface area contributed by atoms with Gasteiger partial charge in [-0.15, -0.1) is 0 Å². The molecule has 1 saturated carbocycles. The number of nitrogens with two attached hydrogens (primary N) is 1. The second-order valence-corrected chi connectivity index (χ2v) is 5.77. The van der Waals surface area contributed by atoms with Crippen molar-refractivity contribution in [2.45, 2.75) is 44.6 Å². The summed E-state index contributed by atoms with van der Waals surface area (Å²) in [6.45, 7) is 3.06. The van der Waals surface area contributed by atoms with Crippen LogP contribution in [-0.4, -0.2) is 41.0 Å². The Morgan fingerprint density at radius 1 is 1.30 bits per heavy atom. The molecular weight excluding hydrogens is 252 g/mol. The van der Waals surface area contributed by atoms with Gasteiger partial charge in [0.05, 0.1) is 0 Å². The standard InChI is InChI=1S/C14H26N6/c1-4-6-11-12(17-10-18-13(11)19-15)16-9-14(20(2)3)7-5-8-14/h10H,4-9,15H2,1-3H3,(H2,16,17,18,19). The van der Waals surface area contributed by atoms with Crippen LogP contribution >= 0.6 is 0 Å². The van der Waals surface area contributed by atoms with Crippen LogP contribution in [0, 0.1) is 0 Å². The van der Waals surface area contributed by atoms with E-state index in [0.29, 0.717) is 0 Å². The molecule has 0 bridgehead atoms. The number of hydrogen-bond donors (Lipinski definition) is 3.